The number of nitrogens with two attached hydrogens (primary N) is 1. The van der Waals surface area contributed by atoms with Gasteiger partial charge in [-0.2, -0.15) is 0 Å². The van der Waals surface area contributed by atoms with Crippen LogP contribution in [-0.4, -0.2) is 28.9 Å². The van der Waals surface area contributed by atoms with Gasteiger partial charge in [0.15, 0.2) is 0 Å². The molecule has 1 aromatic carbocycles. The van der Waals surface area contributed by atoms with Gasteiger partial charge in [-0.3, -0.25) is 9.59 Å². The SMILES string of the molecule is C=CCC(NC(=O)c1cccc(C(N)=O)c1)C(=O)O. The van der Waals surface area contributed by atoms with Crippen LogP contribution in [0.1, 0.15) is 27.1 Å². The molecule has 19 heavy (non-hydrogen) atoms. The third kappa shape index (κ3) is 3.95. The number of primary amides is 1. The highest BCUT2D eigenvalue weighted by molar-refractivity contribution is 6.00. The molecule has 4 N–H and O–H groups in total. The van der Waals surface area contributed by atoms with Gasteiger partial charge in [0.05, 0.1) is 0 Å². The lowest BCUT2D eigenvalue weighted by Gasteiger charge is -2.12. The Morgan fingerprint density at radius 3 is 2.53 bits per heavy atom. The normalized spacial score (nSPS) is 11.4. The van der Waals surface area contributed by atoms with Crippen LogP contribution in [0.25, 0.3) is 0 Å². The van der Waals surface area contributed by atoms with E-state index in [1.54, 1.807) is 0 Å². The molecule has 100 valence electrons. The van der Waals surface area contributed by atoms with Crippen molar-refractivity contribution in [2.45, 2.75) is 12.5 Å². The lowest BCUT2D eigenvalue weighted by Crippen LogP contribution is -2.40. The number of amides is 2. The van der Waals surface area contributed by atoms with E-state index in [0.29, 0.717) is 0 Å². The van der Waals surface area contributed by atoms with E-state index >= 15 is 0 Å². The van der Waals surface area contributed by atoms with Gasteiger partial charge < -0.3 is 16.2 Å². The molecule has 0 saturated heterocycles. The molecule has 0 heterocycles. The molecule has 0 bridgehead atoms. The molecule has 2 amide bonds. The zero-order valence-corrected chi connectivity index (χ0v) is 10.1. The van der Waals surface area contributed by atoms with Crippen molar-refractivity contribution in [3.63, 3.8) is 0 Å². The van der Waals surface area contributed by atoms with Gasteiger partial charge in [-0.25, -0.2) is 4.79 Å². The van der Waals surface area contributed by atoms with Crippen LogP contribution in [0.2, 0.25) is 0 Å². The van der Waals surface area contributed by atoms with E-state index < -0.39 is 23.8 Å². The molecule has 1 rings (SSSR count). The number of carbonyl (C=O) groups excluding carboxylic acids is 2. The number of carboxylic acids is 1. The first-order valence-corrected chi connectivity index (χ1v) is 5.50. The topological polar surface area (TPSA) is 109 Å². The molecule has 0 fully saturated rings. The lowest BCUT2D eigenvalue weighted by atomic mass is 10.1. The molecule has 0 aliphatic carbocycles. The fraction of sp³-hybridized carbons (Fsp3) is 0.154. The largest absolute Gasteiger partial charge is 0.480 e. The van der Waals surface area contributed by atoms with Crippen LogP contribution in [-0.2, 0) is 4.79 Å². The summed E-state index contributed by atoms with van der Waals surface area (Å²) in [6, 6.07) is 4.69. The van der Waals surface area contributed by atoms with Crippen LogP contribution in [0.3, 0.4) is 0 Å². The molecule has 0 aliphatic rings. The summed E-state index contributed by atoms with van der Waals surface area (Å²) in [5.41, 5.74) is 5.46. The molecule has 1 aromatic rings. The number of rotatable bonds is 6. The Morgan fingerprint density at radius 1 is 1.37 bits per heavy atom. The van der Waals surface area contributed by atoms with Gasteiger partial charge >= 0.3 is 5.97 Å². The summed E-state index contributed by atoms with van der Waals surface area (Å²) in [4.78, 5) is 33.7. The average molecular weight is 262 g/mol. The lowest BCUT2D eigenvalue weighted by molar-refractivity contribution is -0.139. The number of carboxylic acid groups (broad SMARTS) is 1. The van der Waals surface area contributed by atoms with Crippen molar-refractivity contribution in [1.29, 1.82) is 0 Å². The number of hydrogen-bond acceptors (Lipinski definition) is 3. The number of benzene rings is 1. The summed E-state index contributed by atoms with van der Waals surface area (Å²) < 4.78 is 0. The van der Waals surface area contributed by atoms with Crippen molar-refractivity contribution in [3.05, 3.63) is 48.0 Å². The van der Waals surface area contributed by atoms with Gasteiger partial charge in [0.25, 0.3) is 5.91 Å². The molecule has 0 aromatic heterocycles. The first-order valence-electron chi connectivity index (χ1n) is 5.50. The molecule has 0 spiro atoms. The monoisotopic (exact) mass is 262 g/mol. The Hall–Kier alpha value is -2.63. The summed E-state index contributed by atoms with van der Waals surface area (Å²) in [5, 5.41) is 11.2. The predicted molar refractivity (Wildman–Crippen MR) is 68.7 cm³/mol. The molecule has 0 saturated carbocycles. The zero-order valence-electron chi connectivity index (χ0n) is 10.1. The number of nitrogens with one attached hydrogen (secondary N) is 1. The van der Waals surface area contributed by atoms with E-state index in [-0.39, 0.29) is 17.5 Å². The summed E-state index contributed by atoms with van der Waals surface area (Å²) >= 11 is 0. The molecule has 6 nitrogen and oxygen atoms in total. The third-order valence-electron chi connectivity index (χ3n) is 2.42. The first-order chi connectivity index (χ1) is 8.95. The predicted octanol–water partition coefficient (Wildman–Crippen LogP) is 0.545. The second kappa shape index (κ2) is 6.34. The van der Waals surface area contributed by atoms with Crippen LogP contribution in [0, 0.1) is 0 Å². The number of hydrogen-bond donors (Lipinski definition) is 3. The quantitative estimate of drug-likeness (QED) is 0.650. The highest BCUT2D eigenvalue weighted by atomic mass is 16.4. The van der Waals surface area contributed by atoms with E-state index in [4.69, 9.17) is 10.8 Å². The Labute approximate surface area is 109 Å². The van der Waals surface area contributed by atoms with Crippen LogP contribution in [0.15, 0.2) is 36.9 Å². The van der Waals surface area contributed by atoms with Crippen molar-refractivity contribution in [2.24, 2.45) is 5.73 Å². The molecular weight excluding hydrogens is 248 g/mol. The molecule has 1 unspecified atom stereocenters. The van der Waals surface area contributed by atoms with E-state index in [1.165, 1.54) is 30.3 Å². The van der Waals surface area contributed by atoms with Crippen LogP contribution in [0.5, 0.6) is 0 Å². The van der Waals surface area contributed by atoms with Crippen molar-refractivity contribution in [3.8, 4) is 0 Å². The molecule has 0 radical (unpaired) electrons. The van der Waals surface area contributed by atoms with Crippen molar-refractivity contribution in [2.75, 3.05) is 0 Å². The fourth-order valence-electron chi connectivity index (χ4n) is 1.44. The van der Waals surface area contributed by atoms with E-state index in [1.807, 2.05) is 0 Å². The zero-order chi connectivity index (χ0) is 14.4. The van der Waals surface area contributed by atoms with Gasteiger partial charge in [0, 0.05) is 11.1 Å². The van der Waals surface area contributed by atoms with Gasteiger partial charge in [-0.1, -0.05) is 12.1 Å². The Morgan fingerprint density at radius 2 is 2.00 bits per heavy atom. The Kier molecular flexibility index (Phi) is 4.82. The molecule has 1 atom stereocenters. The average Bonchev–Trinajstić information content (AvgIpc) is 2.38. The van der Waals surface area contributed by atoms with Gasteiger partial charge in [-0.15, -0.1) is 6.58 Å². The third-order valence-corrected chi connectivity index (χ3v) is 2.42. The van der Waals surface area contributed by atoms with E-state index in [9.17, 15) is 14.4 Å². The smallest absolute Gasteiger partial charge is 0.326 e. The van der Waals surface area contributed by atoms with Gasteiger partial charge in [0.1, 0.15) is 6.04 Å². The summed E-state index contributed by atoms with van der Waals surface area (Å²) in [6.45, 7) is 3.42. The molecular formula is C13H14N2O4. The number of aliphatic carboxylic acids is 1. The molecule has 0 aliphatic heterocycles. The highest BCUT2D eigenvalue weighted by Crippen LogP contribution is 2.06. The Balaban J connectivity index is 2.88. The maximum atomic E-state index is 11.8. The summed E-state index contributed by atoms with van der Waals surface area (Å²) in [6.07, 6.45) is 1.51. The highest BCUT2D eigenvalue weighted by Gasteiger charge is 2.19. The minimum Gasteiger partial charge on any atom is -0.480 e. The van der Waals surface area contributed by atoms with Crippen molar-refractivity contribution in [1.82, 2.24) is 5.32 Å². The minimum atomic E-state index is -1.15. The first kappa shape index (κ1) is 14.4. The standard InChI is InChI=1S/C13H14N2O4/c1-2-4-10(13(18)19)15-12(17)9-6-3-5-8(7-9)11(14)16/h2-3,5-7,10H,1,4H2,(H2,14,16)(H,15,17)(H,18,19). The van der Waals surface area contributed by atoms with E-state index in [2.05, 4.69) is 11.9 Å². The van der Waals surface area contributed by atoms with Crippen LogP contribution >= 0.6 is 0 Å². The van der Waals surface area contributed by atoms with Gasteiger partial charge in [0.2, 0.25) is 5.91 Å². The Bertz CT molecular complexity index is 525. The fourth-order valence-corrected chi connectivity index (χ4v) is 1.44. The number of carbonyl (C=O) groups is 3. The van der Waals surface area contributed by atoms with Gasteiger partial charge in [-0.05, 0) is 24.6 Å². The molecule has 6 heteroatoms. The van der Waals surface area contributed by atoms with Crippen LogP contribution in [0.4, 0.5) is 0 Å². The maximum Gasteiger partial charge on any atom is 0.326 e. The second-order valence-electron chi connectivity index (χ2n) is 3.83. The maximum absolute atomic E-state index is 11.8. The van der Waals surface area contributed by atoms with E-state index in [0.717, 1.165) is 0 Å². The van der Waals surface area contributed by atoms with Crippen molar-refractivity contribution >= 4 is 17.8 Å². The summed E-state index contributed by atoms with van der Waals surface area (Å²) in [5.74, 6) is -2.40. The van der Waals surface area contributed by atoms with Crippen LogP contribution < -0.4 is 11.1 Å². The minimum absolute atomic E-state index is 0.108. The van der Waals surface area contributed by atoms with Crippen molar-refractivity contribution < 1.29 is 19.5 Å². The second-order valence-corrected chi connectivity index (χ2v) is 3.83. The summed E-state index contributed by atoms with van der Waals surface area (Å²) in [7, 11) is 0.